The first-order valence-electron chi connectivity index (χ1n) is 0.949. The normalized spacial score (nSPS) is 2.25. The van der Waals surface area contributed by atoms with E-state index in [1.807, 2.05) is 0 Å². The smallest absolute Gasteiger partial charge is 0.569 e. The zero-order chi connectivity index (χ0) is 6.00. The molecule has 0 radical (unpaired) electrons. The number of hydrogen-bond acceptors (Lipinski definition) is 3. The maximum absolute atomic E-state index is 6.75. The summed E-state index contributed by atoms with van der Waals surface area (Å²) in [7, 11) is 6.75. The summed E-state index contributed by atoms with van der Waals surface area (Å²) >= 11 is 0. The van der Waals surface area contributed by atoms with Gasteiger partial charge in [-0.25, -0.2) is 21.3 Å². The van der Waals surface area contributed by atoms with Crippen molar-refractivity contribution in [1.82, 2.24) is 0 Å². The Labute approximate surface area is 69.2 Å². The fourth-order valence-electron chi connectivity index (χ4n) is 0. The Morgan fingerprint density at radius 3 is 0.625 bits per heavy atom. The van der Waals surface area contributed by atoms with Gasteiger partial charge in [-0.1, -0.05) is 0 Å². The van der Waals surface area contributed by atoms with Gasteiger partial charge in [0.15, 0.2) is 0 Å². The van der Waals surface area contributed by atoms with Crippen molar-refractivity contribution >= 4 is 9.90 Å². The van der Waals surface area contributed by atoms with Crippen LogP contribution in [0.1, 0.15) is 0 Å². The second kappa shape index (κ2) is 363. The summed E-state index contributed by atoms with van der Waals surface area (Å²) in [6.45, 7) is 0. The minimum absolute atomic E-state index is 0. The second-order valence-electron chi connectivity index (χ2n) is 0. The molecule has 0 aromatic rings. The Kier molecular flexibility index (Phi) is 1620. The van der Waals surface area contributed by atoms with E-state index in [2.05, 4.69) is 21.3 Å². The largest absolute Gasteiger partial charge is 3.00 e. The van der Waals surface area contributed by atoms with Crippen molar-refractivity contribution in [2.24, 2.45) is 0 Å². The van der Waals surface area contributed by atoms with Crippen molar-refractivity contribution in [3.8, 4) is 0 Å². The SMILES string of the molecule is P.[Au+3].[CH2-]O.[CH2-]O.[CH2-]O. The number of rotatable bonds is 0. The van der Waals surface area contributed by atoms with Gasteiger partial charge in [-0.3, -0.25) is 0 Å². The van der Waals surface area contributed by atoms with E-state index in [1.54, 1.807) is 0 Å². The molecule has 3 N–H and O–H groups in total. The summed E-state index contributed by atoms with van der Waals surface area (Å²) < 4.78 is 0. The fourth-order valence-corrected chi connectivity index (χ4v) is 0. The third-order valence-electron chi connectivity index (χ3n) is 0. The van der Waals surface area contributed by atoms with Crippen LogP contribution < -0.4 is 0 Å². The molecule has 0 saturated heterocycles. The Bertz CT molecular complexity index is 14.5. The molecule has 1 atom stereocenters. The molecular weight excluding hydrogens is 312 g/mol. The third kappa shape index (κ3) is 234. The monoisotopic (exact) mass is 324 g/mol. The van der Waals surface area contributed by atoms with Crippen LogP contribution in [-0.4, -0.2) is 15.3 Å². The third-order valence-corrected chi connectivity index (χ3v) is 0. The molecule has 0 spiro atoms. The van der Waals surface area contributed by atoms with E-state index < -0.39 is 0 Å². The first-order valence-corrected chi connectivity index (χ1v) is 0.949. The average molecular weight is 324 g/mol. The van der Waals surface area contributed by atoms with E-state index in [-0.39, 0.29) is 32.3 Å². The van der Waals surface area contributed by atoms with Crippen LogP contribution in [-0.2, 0) is 22.4 Å². The minimum Gasteiger partial charge on any atom is -0.569 e. The van der Waals surface area contributed by atoms with Crippen molar-refractivity contribution in [2.45, 2.75) is 0 Å². The summed E-state index contributed by atoms with van der Waals surface area (Å²) in [5.74, 6) is 0. The van der Waals surface area contributed by atoms with Crippen LogP contribution >= 0.6 is 9.90 Å². The van der Waals surface area contributed by atoms with Gasteiger partial charge in [-0.2, -0.15) is 9.90 Å². The molecule has 1 unspecified atom stereocenters. The van der Waals surface area contributed by atoms with Crippen molar-refractivity contribution in [3.05, 3.63) is 21.3 Å². The molecule has 0 aliphatic carbocycles. The van der Waals surface area contributed by atoms with Crippen LogP contribution in [0, 0.1) is 21.3 Å². The Morgan fingerprint density at radius 1 is 0.625 bits per heavy atom. The van der Waals surface area contributed by atoms with Crippen LogP contribution in [0.25, 0.3) is 0 Å². The fraction of sp³-hybridized carbons (Fsp3) is 0. The topological polar surface area (TPSA) is 60.7 Å². The molecule has 0 aromatic carbocycles. The molecule has 0 fully saturated rings. The Hall–Kier alpha value is 1.05. The molecule has 0 aliphatic rings. The summed E-state index contributed by atoms with van der Waals surface area (Å²) in [6, 6.07) is 0. The second-order valence-corrected chi connectivity index (χ2v) is 0. The van der Waals surface area contributed by atoms with Crippen molar-refractivity contribution in [1.29, 1.82) is 0 Å². The van der Waals surface area contributed by atoms with E-state index in [0.717, 1.165) is 0 Å². The molecule has 0 rings (SSSR count). The maximum atomic E-state index is 6.75. The first-order chi connectivity index (χ1) is 3.00. The van der Waals surface area contributed by atoms with Gasteiger partial charge in [-0.05, 0) is 0 Å². The van der Waals surface area contributed by atoms with Crippen molar-refractivity contribution in [3.63, 3.8) is 0 Å². The number of aliphatic hydroxyl groups is 3. The van der Waals surface area contributed by atoms with Crippen LogP contribution in [0.15, 0.2) is 0 Å². The van der Waals surface area contributed by atoms with Gasteiger partial charge in [-0.15, -0.1) is 0 Å². The van der Waals surface area contributed by atoms with Crippen LogP contribution in [0.5, 0.6) is 0 Å². The van der Waals surface area contributed by atoms with Gasteiger partial charge in [0.2, 0.25) is 0 Å². The van der Waals surface area contributed by atoms with Gasteiger partial charge in [0.25, 0.3) is 0 Å². The van der Waals surface area contributed by atoms with E-state index in [1.165, 1.54) is 0 Å². The zero-order valence-electron chi connectivity index (χ0n) is 4.47. The molecule has 3 nitrogen and oxygen atoms in total. The number of hydrogen-bond donors (Lipinski definition) is 3. The molecular formula is C3H12AuO3P. The molecule has 0 amide bonds. The molecule has 5 heteroatoms. The number of aliphatic hydroxyl groups excluding tert-OH is 3. The summed E-state index contributed by atoms with van der Waals surface area (Å²) in [5, 5.41) is 20.2. The maximum Gasteiger partial charge on any atom is 3.00 e. The quantitative estimate of drug-likeness (QED) is 0.346. The molecule has 0 aromatic heterocycles. The van der Waals surface area contributed by atoms with E-state index in [4.69, 9.17) is 15.3 Å². The van der Waals surface area contributed by atoms with Crippen molar-refractivity contribution < 1.29 is 37.7 Å². The minimum atomic E-state index is 0. The molecule has 0 aliphatic heterocycles. The van der Waals surface area contributed by atoms with Gasteiger partial charge in [0.05, 0.1) is 0 Å². The van der Waals surface area contributed by atoms with Gasteiger partial charge < -0.3 is 15.3 Å². The van der Waals surface area contributed by atoms with Gasteiger partial charge >= 0.3 is 22.4 Å². The summed E-state index contributed by atoms with van der Waals surface area (Å²) in [5.41, 5.74) is 0. The standard InChI is InChI=1S/3CH3O.Au.H3P/c3*1-2;;/h3*2H,1H2;;1H3/q3*-1;+3;. The molecule has 0 heterocycles. The van der Waals surface area contributed by atoms with Crippen molar-refractivity contribution in [2.75, 3.05) is 0 Å². The molecule has 0 saturated carbocycles. The van der Waals surface area contributed by atoms with E-state index in [0.29, 0.717) is 0 Å². The molecule has 8 heavy (non-hydrogen) atoms. The van der Waals surface area contributed by atoms with Crippen LogP contribution in [0.4, 0.5) is 0 Å². The first kappa shape index (κ1) is 35.8. The Balaban J connectivity index is -0.00000000500. The van der Waals surface area contributed by atoms with Gasteiger partial charge in [0.1, 0.15) is 0 Å². The summed E-state index contributed by atoms with van der Waals surface area (Å²) in [4.78, 5) is 0. The van der Waals surface area contributed by atoms with E-state index >= 15 is 0 Å². The molecule has 0 bridgehead atoms. The predicted molar refractivity (Wildman–Crippen MR) is 33.0 cm³/mol. The van der Waals surface area contributed by atoms with Crippen LogP contribution in [0.2, 0.25) is 0 Å². The zero-order valence-corrected chi connectivity index (χ0v) is 8.05. The average Bonchev–Trinajstić information content (AvgIpc) is 1.81. The van der Waals surface area contributed by atoms with E-state index in [9.17, 15) is 0 Å². The predicted octanol–water partition coefficient (Wildman–Crippen LogP) is 0.507. The Morgan fingerprint density at radius 2 is 0.625 bits per heavy atom. The van der Waals surface area contributed by atoms with Crippen LogP contribution in [0.3, 0.4) is 0 Å². The summed E-state index contributed by atoms with van der Waals surface area (Å²) in [6.07, 6.45) is 0. The molecule has 58 valence electrons. The van der Waals surface area contributed by atoms with Gasteiger partial charge in [0, 0.05) is 0 Å².